The Labute approximate surface area is 208 Å². The molecule has 0 aromatic carbocycles. The van der Waals surface area contributed by atoms with Crippen LogP contribution >= 0.6 is 0 Å². The van der Waals surface area contributed by atoms with Crippen molar-refractivity contribution >= 4 is 0 Å². The molecule has 2 aliphatic heterocycles. The monoisotopic (exact) mass is 530 g/mol. The number of hydrogen-bond acceptors (Lipinski definition) is 7. The van der Waals surface area contributed by atoms with Crippen LogP contribution in [-0.2, 0) is 4.74 Å². The van der Waals surface area contributed by atoms with Gasteiger partial charge in [0.2, 0.25) is 0 Å². The first-order chi connectivity index (χ1) is 17.0. The molecule has 13 heteroatoms. The van der Waals surface area contributed by atoms with E-state index in [1.807, 2.05) is 0 Å². The number of ether oxygens (including phenoxy) is 1. The average Bonchev–Trinajstić information content (AvgIpc) is 3.36. The van der Waals surface area contributed by atoms with E-state index < -0.39 is 43.8 Å². The lowest BCUT2D eigenvalue weighted by atomic mass is 9.81. The molecule has 0 radical (unpaired) electrons. The zero-order valence-corrected chi connectivity index (χ0v) is 20.6. The largest absolute Gasteiger partial charge is 0.411 e. The molecular formula is C23H40F6N6O. The van der Waals surface area contributed by atoms with Gasteiger partial charge in [0.05, 0.1) is 5.92 Å². The highest BCUT2D eigenvalue weighted by Gasteiger charge is 2.41. The number of rotatable bonds is 8. The van der Waals surface area contributed by atoms with Gasteiger partial charge in [0.25, 0.3) is 0 Å². The van der Waals surface area contributed by atoms with Crippen LogP contribution in [-0.4, -0.2) is 74.5 Å². The van der Waals surface area contributed by atoms with Crippen molar-refractivity contribution in [3.63, 3.8) is 0 Å². The van der Waals surface area contributed by atoms with Gasteiger partial charge in [-0.2, -0.15) is 26.3 Å². The molecule has 4 aliphatic rings. The Balaban J connectivity index is 1.28. The smallest absolute Gasteiger partial charge is 0.340 e. The Hall–Kier alpha value is -0.700. The maximum Gasteiger partial charge on any atom is 0.411 e. The maximum absolute atomic E-state index is 12.9. The number of nitrogens with one attached hydrogen (secondary N) is 5. The van der Waals surface area contributed by atoms with Gasteiger partial charge in [-0.3, -0.25) is 26.6 Å². The first-order valence-corrected chi connectivity index (χ1v) is 13.3. The minimum atomic E-state index is -4.45. The van der Waals surface area contributed by atoms with E-state index in [0.717, 1.165) is 32.4 Å². The van der Waals surface area contributed by atoms with Crippen LogP contribution < -0.4 is 26.6 Å². The molecule has 0 amide bonds. The topological polar surface area (TPSA) is 72.6 Å². The number of hydrogen-bond donors (Lipinski definition) is 5. The SMILES string of the molecule is FC(F)(F)COC1NC(NCC2CCC(C(F)(F)F)CC2)NC(NC2CCCC(N3CCCC3)C2)N1. The molecule has 2 aliphatic carbocycles. The summed E-state index contributed by atoms with van der Waals surface area (Å²) in [4.78, 5) is 2.55. The van der Waals surface area contributed by atoms with Crippen LogP contribution in [0.25, 0.3) is 0 Å². The molecule has 5 N–H and O–H groups in total. The van der Waals surface area contributed by atoms with Gasteiger partial charge in [-0.15, -0.1) is 0 Å². The fourth-order valence-corrected chi connectivity index (χ4v) is 6.07. The van der Waals surface area contributed by atoms with Gasteiger partial charge in [0.15, 0.2) is 6.35 Å². The van der Waals surface area contributed by atoms with Crippen molar-refractivity contribution in [1.29, 1.82) is 0 Å². The number of halogens is 6. The molecule has 0 aromatic rings. The maximum atomic E-state index is 12.9. The van der Waals surface area contributed by atoms with Crippen molar-refractivity contribution in [3.05, 3.63) is 0 Å². The Morgan fingerprint density at radius 1 is 0.806 bits per heavy atom. The third-order valence-electron chi connectivity index (χ3n) is 8.01. The molecule has 0 aromatic heterocycles. The van der Waals surface area contributed by atoms with Crippen LogP contribution in [0, 0.1) is 11.8 Å². The Bertz CT molecular complexity index is 668. The van der Waals surface area contributed by atoms with Gasteiger partial charge in [-0.25, -0.2) is 0 Å². The summed E-state index contributed by atoms with van der Waals surface area (Å²) in [5.41, 5.74) is 0. The molecular weight excluding hydrogens is 490 g/mol. The van der Waals surface area contributed by atoms with E-state index in [0.29, 0.717) is 25.4 Å². The molecule has 2 saturated carbocycles. The molecule has 7 nitrogen and oxygen atoms in total. The molecule has 210 valence electrons. The highest BCUT2D eigenvalue weighted by atomic mass is 19.4. The van der Waals surface area contributed by atoms with Gasteiger partial charge < -0.3 is 9.64 Å². The Kier molecular flexibility index (Phi) is 9.78. The standard InChI is InChI=1S/C23H40F6N6O/c24-22(25,26)14-36-21-33-19(30-13-15-6-8-16(9-7-15)23(27,28)29)32-20(34-21)31-17-4-3-5-18(12-17)35-10-1-2-11-35/h15-21,30-34H,1-14H2. The molecule has 0 spiro atoms. The van der Waals surface area contributed by atoms with E-state index in [2.05, 4.69) is 31.5 Å². The summed E-state index contributed by atoms with van der Waals surface area (Å²) in [6, 6.07) is 0.743. The summed E-state index contributed by atoms with van der Waals surface area (Å²) < 4.78 is 82.2. The van der Waals surface area contributed by atoms with E-state index in [1.54, 1.807) is 0 Å². The van der Waals surface area contributed by atoms with Crippen LogP contribution in [0.4, 0.5) is 26.3 Å². The van der Waals surface area contributed by atoms with E-state index in [4.69, 9.17) is 4.74 Å². The van der Waals surface area contributed by atoms with Gasteiger partial charge >= 0.3 is 12.4 Å². The van der Waals surface area contributed by atoms with Gasteiger partial charge in [0.1, 0.15) is 19.2 Å². The highest BCUT2D eigenvalue weighted by Crippen LogP contribution is 2.39. The summed E-state index contributed by atoms with van der Waals surface area (Å²) in [6.45, 7) is 1.34. The zero-order chi connectivity index (χ0) is 25.8. The second kappa shape index (κ2) is 12.4. The zero-order valence-electron chi connectivity index (χ0n) is 20.6. The van der Waals surface area contributed by atoms with Crippen LogP contribution in [0.3, 0.4) is 0 Å². The predicted octanol–water partition coefficient (Wildman–Crippen LogP) is 3.15. The molecule has 2 heterocycles. The number of nitrogens with zero attached hydrogens (tertiary/aromatic N) is 1. The van der Waals surface area contributed by atoms with Gasteiger partial charge in [-0.05, 0) is 76.8 Å². The summed E-state index contributed by atoms with van der Waals surface area (Å²) >= 11 is 0. The van der Waals surface area contributed by atoms with Crippen LogP contribution in [0.1, 0.15) is 64.2 Å². The highest BCUT2D eigenvalue weighted by molar-refractivity contribution is 4.89. The van der Waals surface area contributed by atoms with Crippen molar-refractivity contribution in [3.8, 4) is 0 Å². The second-order valence-corrected chi connectivity index (χ2v) is 10.8. The minimum absolute atomic E-state index is 0.0857. The van der Waals surface area contributed by atoms with Gasteiger partial charge in [0, 0.05) is 18.6 Å². The van der Waals surface area contributed by atoms with Crippen LogP contribution in [0.15, 0.2) is 0 Å². The van der Waals surface area contributed by atoms with Gasteiger partial charge in [-0.1, -0.05) is 6.42 Å². The van der Waals surface area contributed by atoms with Crippen LogP contribution in [0.5, 0.6) is 0 Å². The Morgan fingerprint density at radius 2 is 1.50 bits per heavy atom. The second-order valence-electron chi connectivity index (χ2n) is 10.8. The fraction of sp³-hybridized carbons (Fsp3) is 1.00. The fourth-order valence-electron chi connectivity index (χ4n) is 6.07. The third kappa shape index (κ3) is 8.67. The van der Waals surface area contributed by atoms with Crippen molar-refractivity contribution < 1.29 is 31.1 Å². The molecule has 36 heavy (non-hydrogen) atoms. The average molecular weight is 531 g/mol. The first-order valence-electron chi connectivity index (χ1n) is 13.3. The summed E-state index contributed by atoms with van der Waals surface area (Å²) in [6.07, 6.45) is -2.80. The van der Waals surface area contributed by atoms with Crippen molar-refractivity contribution in [1.82, 2.24) is 31.5 Å². The third-order valence-corrected chi connectivity index (χ3v) is 8.01. The number of alkyl halides is 6. The predicted molar refractivity (Wildman–Crippen MR) is 122 cm³/mol. The minimum Gasteiger partial charge on any atom is -0.340 e. The Morgan fingerprint density at radius 3 is 2.17 bits per heavy atom. The lowest BCUT2D eigenvalue weighted by molar-refractivity contribution is -0.199. The molecule has 4 rings (SSSR count). The normalized spacial score (nSPS) is 37.3. The van der Waals surface area contributed by atoms with Crippen molar-refractivity contribution in [2.45, 2.75) is 108 Å². The summed E-state index contributed by atoms with van der Waals surface area (Å²) in [7, 11) is 0. The summed E-state index contributed by atoms with van der Waals surface area (Å²) in [5.74, 6) is -1.15. The summed E-state index contributed by atoms with van der Waals surface area (Å²) in [5, 5.41) is 16.0. The van der Waals surface area contributed by atoms with E-state index in [1.165, 1.54) is 19.3 Å². The molecule has 0 bridgehead atoms. The quantitative estimate of drug-likeness (QED) is 0.309. The number of likely N-dealkylation sites (tertiary alicyclic amines) is 1. The van der Waals surface area contributed by atoms with E-state index in [9.17, 15) is 26.3 Å². The van der Waals surface area contributed by atoms with E-state index >= 15 is 0 Å². The molecule has 2 saturated heterocycles. The molecule has 4 fully saturated rings. The lowest BCUT2D eigenvalue weighted by Crippen LogP contribution is -2.76. The van der Waals surface area contributed by atoms with Crippen LogP contribution in [0.2, 0.25) is 0 Å². The van der Waals surface area contributed by atoms with Crippen molar-refractivity contribution in [2.24, 2.45) is 11.8 Å². The molecule has 5 unspecified atom stereocenters. The van der Waals surface area contributed by atoms with Crippen molar-refractivity contribution in [2.75, 3.05) is 26.2 Å². The molecule has 5 atom stereocenters. The lowest BCUT2D eigenvalue weighted by Gasteiger charge is -2.43. The first kappa shape index (κ1) is 28.3. The van der Waals surface area contributed by atoms with E-state index in [-0.39, 0.29) is 24.8 Å².